The topological polar surface area (TPSA) is 91.5 Å². The van der Waals surface area contributed by atoms with Crippen molar-refractivity contribution in [1.29, 1.82) is 0 Å². The molecule has 0 radical (unpaired) electrons. The molecular formula is C11H16F2N4O2. The average Bonchev–Trinajstić information content (AvgIpc) is 2.37. The van der Waals surface area contributed by atoms with Gasteiger partial charge in [0.05, 0.1) is 18.8 Å². The summed E-state index contributed by atoms with van der Waals surface area (Å²) in [4.78, 5) is 16.7. The number of hydrazine groups is 1. The van der Waals surface area contributed by atoms with Crippen molar-refractivity contribution in [2.24, 2.45) is 5.84 Å². The monoisotopic (exact) mass is 274 g/mol. The molecule has 6 nitrogen and oxygen atoms in total. The van der Waals surface area contributed by atoms with Gasteiger partial charge in [0.25, 0.3) is 12.3 Å². The lowest BCUT2D eigenvalue weighted by Gasteiger charge is -2.20. The molecule has 19 heavy (non-hydrogen) atoms. The molecule has 0 saturated carbocycles. The molecule has 0 aliphatic heterocycles. The highest BCUT2D eigenvalue weighted by Gasteiger charge is 2.13. The molecule has 1 aromatic heterocycles. The number of hydrogen-bond acceptors (Lipinski definition) is 5. The normalized spacial score (nSPS) is 11.1. The minimum atomic E-state index is -2.50. The van der Waals surface area contributed by atoms with Crippen molar-refractivity contribution in [1.82, 2.24) is 15.3 Å². The van der Waals surface area contributed by atoms with E-state index in [2.05, 4.69) is 4.98 Å². The maximum absolute atomic E-state index is 12.3. The first-order chi connectivity index (χ1) is 9.06. The number of nitrogens with two attached hydrogens (primary N) is 1. The highest BCUT2D eigenvalue weighted by atomic mass is 19.3. The molecule has 0 aliphatic carbocycles. The number of nitrogens with one attached hydrogen (secondary N) is 1. The van der Waals surface area contributed by atoms with Gasteiger partial charge in [-0.3, -0.25) is 15.1 Å². The fourth-order valence-corrected chi connectivity index (χ4v) is 1.57. The molecule has 0 spiro atoms. The molecule has 1 heterocycles. The standard InChI is InChI=1S/C11H16F2N4O2/c12-10(13)7-17(4-5-18)6-8-2-1-3-9(15-8)11(19)16-14/h1-3,10,18H,4-7,14H2,(H,16,19). The summed E-state index contributed by atoms with van der Waals surface area (Å²) >= 11 is 0. The van der Waals surface area contributed by atoms with Crippen LogP contribution in [0.25, 0.3) is 0 Å². The fraction of sp³-hybridized carbons (Fsp3) is 0.455. The lowest BCUT2D eigenvalue weighted by Crippen LogP contribution is -2.33. The number of halogens is 2. The molecule has 4 N–H and O–H groups in total. The first-order valence-electron chi connectivity index (χ1n) is 5.65. The Hall–Kier alpha value is -1.64. The second-order valence-electron chi connectivity index (χ2n) is 3.84. The zero-order valence-electron chi connectivity index (χ0n) is 10.2. The predicted octanol–water partition coefficient (Wildman–Crippen LogP) is -0.256. The van der Waals surface area contributed by atoms with Gasteiger partial charge in [-0.2, -0.15) is 0 Å². The molecule has 1 amide bonds. The maximum Gasteiger partial charge on any atom is 0.283 e. The van der Waals surface area contributed by atoms with Crippen LogP contribution in [0.3, 0.4) is 0 Å². The molecular weight excluding hydrogens is 258 g/mol. The molecule has 8 heteroatoms. The van der Waals surface area contributed by atoms with Gasteiger partial charge < -0.3 is 5.11 Å². The van der Waals surface area contributed by atoms with Gasteiger partial charge in [-0.05, 0) is 12.1 Å². The zero-order chi connectivity index (χ0) is 14.3. The van der Waals surface area contributed by atoms with Crippen molar-refractivity contribution in [3.05, 3.63) is 29.6 Å². The van der Waals surface area contributed by atoms with Crippen molar-refractivity contribution in [2.75, 3.05) is 19.7 Å². The van der Waals surface area contributed by atoms with E-state index in [1.54, 1.807) is 12.1 Å². The molecule has 0 unspecified atom stereocenters. The van der Waals surface area contributed by atoms with Crippen LogP contribution in [0.1, 0.15) is 16.2 Å². The summed E-state index contributed by atoms with van der Waals surface area (Å²) < 4.78 is 24.7. The van der Waals surface area contributed by atoms with E-state index in [0.29, 0.717) is 5.69 Å². The first-order valence-corrected chi connectivity index (χ1v) is 5.65. The quantitative estimate of drug-likeness (QED) is 0.362. The van der Waals surface area contributed by atoms with E-state index in [9.17, 15) is 13.6 Å². The SMILES string of the molecule is NNC(=O)c1cccc(CN(CCO)CC(F)F)n1. The lowest BCUT2D eigenvalue weighted by molar-refractivity contribution is 0.0738. The van der Waals surface area contributed by atoms with Crippen molar-refractivity contribution in [2.45, 2.75) is 13.0 Å². The number of aliphatic hydroxyl groups excluding tert-OH is 1. The minimum Gasteiger partial charge on any atom is -0.395 e. The first kappa shape index (κ1) is 15.4. The third kappa shape index (κ3) is 5.25. The molecule has 0 saturated heterocycles. The number of aromatic nitrogens is 1. The number of hydrogen-bond donors (Lipinski definition) is 3. The van der Waals surface area contributed by atoms with E-state index in [0.717, 1.165) is 0 Å². The Labute approximate surface area is 109 Å². The summed E-state index contributed by atoms with van der Waals surface area (Å²) in [5.74, 6) is 4.44. The largest absolute Gasteiger partial charge is 0.395 e. The van der Waals surface area contributed by atoms with Crippen LogP contribution >= 0.6 is 0 Å². The lowest BCUT2D eigenvalue weighted by atomic mass is 10.2. The molecule has 1 aromatic rings. The van der Waals surface area contributed by atoms with Gasteiger partial charge in [0.1, 0.15) is 5.69 Å². The fourth-order valence-electron chi connectivity index (χ4n) is 1.57. The Morgan fingerprint density at radius 3 is 2.84 bits per heavy atom. The van der Waals surface area contributed by atoms with E-state index >= 15 is 0 Å². The summed E-state index contributed by atoms with van der Waals surface area (Å²) in [5, 5.41) is 8.82. The van der Waals surface area contributed by atoms with Gasteiger partial charge in [0.15, 0.2) is 0 Å². The Morgan fingerprint density at radius 1 is 1.53 bits per heavy atom. The number of carbonyl (C=O) groups is 1. The Balaban J connectivity index is 2.75. The van der Waals surface area contributed by atoms with Gasteiger partial charge >= 0.3 is 0 Å². The van der Waals surface area contributed by atoms with E-state index in [1.807, 2.05) is 5.43 Å². The summed E-state index contributed by atoms with van der Waals surface area (Å²) in [5.41, 5.74) is 2.51. The molecule has 0 aromatic carbocycles. The summed E-state index contributed by atoms with van der Waals surface area (Å²) in [6.45, 7) is -0.457. The van der Waals surface area contributed by atoms with Gasteiger partial charge in [0, 0.05) is 13.1 Å². The zero-order valence-corrected chi connectivity index (χ0v) is 10.2. The number of pyridine rings is 1. The number of nitrogens with zero attached hydrogens (tertiary/aromatic N) is 2. The van der Waals surface area contributed by atoms with Gasteiger partial charge in [0.2, 0.25) is 0 Å². The van der Waals surface area contributed by atoms with Crippen molar-refractivity contribution in [3.63, 3.8) is 0 Å². The molecule has 0 fully saturated rings. The summed E-state index contributed by atoms with van der Waals surface area (Å²) in [6, 6.07) is 4.67. The molecule has 0 bridgehead atoms. The number of aliphatic hydroxyl groups is 1. The van der Waals surface area contributed by atoms with Crippen LogP contribution in [0.2, 0.25) is 0 Å². The molecule has 0 aliphatic rings. The molecule has 106 valence electrons. The third-order valence-electron chi connectivity index (χ3n) is 2.37. The smallest absolute Gasteiger partial charge is 0.283 e. The van der Waals surface area contributed by atoms with E-state index in [4.69, 9.17) is 10.9 Å². The van der Waals surface area contributed by atoms with Crippen LogP contribution in [-0.4, -0.2) is 47.0 Å². The van der Waals surface area contributed by atoms with E-state index in [-0.39, 0.29) is 25.4 Å². The van der Waals surface area contributed by atoms with Gasteiger partial charge in [-0.1, -0.05) is 6.07 Å². The minimum absolute atomic E-state index is 0.110. The molecule has 1 rings (SSSR count). The number of carbonyl (C=O) groups excluding carboxylic acids is 1. The summed E-state index contributed by atoms with van der Waals surface area (Å²) in [7, 11) is 0. The summed E-state index contributed by atoms with van der Waals surface area (Å²) in [6.07, 6.45) is -2.50. The van der Waals surface area contributed by atoms with Gasteiger partial charge in [-0.25, -0.2) is 19.6 Å². The van der Waals surface area contributed by atoms with Crippen molar-refractivity contribution >= 4 is 5.91 Å². The Morgan fingerprint density at radius 2 is 2.26 bits per heavy atom. The number of amides is 1. The second kappa shape index (κ2) is 7.72. The van der Waals surface area contributed by atoms with Crippen LogP contribution in [0, 0.1) is 0 Å². The van der Waals surface area contributed by atoms with Crippen LogP contribution in [0.15, 0.2) is 18.2 Å². The van der Waals surface area contributed by atoms with Crippen LogP contribution in [0.4, 0.5) is 8.78 Å². The van der Waals surface area contributed by atoms with Crippen LogP contribution in [0.5, 0.6) is 0 Å². The van der Waals surface area contributed by atoms with Crippen LogP contribution in [-0.2, 0) is 6.54 Å². The number of alkyl halides is 2. The third-order valence-corrected chi connectivity index (χ3v) is 2.37. The number of rotatable bonds is 7. The highest BCUT2D eigenvalue weighted by molar-refractivity contribution is 5.91. The average molecular weight is 274 g/mol. The van der Waals surface area contributed by atoms with Crippen molar-refractivity contribution < 1.29 is 18.7 Å². The maximum atomic E-state index is 12.3. The Kier molecular flexibility index (Phi) is 6.26. The predicted molar refractivity (Wildman–Crippen MR) is 64.3 cm³/mol. The van der Waals surface area contributed by atoms with E-state index < -0.39 is 18.9 Å². The van der Waals surface area contributed by atoms with Crippen LogP contribution < -0.4 is 11.3 Å². The second-order valence-corrected chi connectivity index (χ2v) is 3.84. The van der Waals surface area contributed by atoms with Gasteiger partial charge in [-0.15, -0.1) is 0 Å². The van der Waals surface area contributed by atoms with E-state index in [1.165, 1.54) is 11.0 Å². The Bertz CT molecular complexity index is 417. The number of nitrogen functional groups attached to an aromatic ring is 1. The highest BCUT2D eigenvalue weighted by Crippen LogP contribution is 2.06. The van der Waals surface area contributed by atoms with Crippen molar-refractivity contribution in [3.8, 4) is 0 Å². The molecule has 0 atom stereocenters.